The molecule has 140 valence electrons. The SMILES string of the molecule is O=S(=O)(Nc1cccc(Oc2cnccn2)c1)c1ccc(C(F)(F)F)cc1. The van der Waals surface area contributed by atoms with Crippen LogP contribution in [0.2, 0.25) is 0 Å². The molecular weight excluding hydrogens is 383 g/mol. The van der Waals surface area contributed by atoms with E-state index in [9.17, 15) is 21.6 Å². The summed E-state index contributed by atoms with van der Waals surface area (Å²) in [4.78, 5) is 7.49. The Bertz CT molecular complexity index is 1020. The number of rotatable bonds is 5. The number of hydrogen-bond donors (Lipinski definition) is 1. The lowest BCUT2D eigenvalue weighted by Gasteiger charge is -2.11. The topological polar surface area (TPSA) is 81.2 Å². The first-order valence-electron chi connectivity index (χ1n) is 7.48. The van der Waals surface area contributed by atoms with Gasteiger partial charge in [0.2, 0.25) is 5.88 Å². The van der Waals surface area contributed by atoms with Crippen LogP contribution in [0.25, 0.3) is 0 Å². The van der Waals surface area contributed by atoms with E-state index >= 15 is 0 Å². The van der Waals surface area contributed by atoms with Crippen molar-refractivity contribution in [2.75, 3.05) is 4.72 Å². The van der Waals surface area contributed by atoms with Crippen molar-refractivity contribution >= 4 is 15.7 Å². The van der Waals surface area contributed by atoms with Crippen molar-refractivity contribution in [3.05, 3.63) is 72.7 Å². The largest absolute Gasteiger partial charge is 0.437 e. The lowest BCUT2D eigenvalue weighted by Crippen LogP contribution is -2.13. The predicted molar refractivity (Wildman–Crippen MR) is 90.8 cm³/mol. The fourth-order valence-electron chi connectivity index (χ4n) is 2.12. The van der Waals surface area contributed by atoms with Gasteiger partial charge in [0.05, 0.1) is 22.3 Å². The van der Waals surface area contributed by atoms with E-state index < -0.39 is 21.8 Å². The molecule has 0 saturated heterocycles. The fraction of sp³-hybridized carbons (Fsp3) is 0.0588. The van der Waals surface area contributed by atoms with E-state index in [2.05, 4.69) is 14.7 Å². The van der Waals surface area contributed by atoms with Crippen LogP contribution < -0.4 is 9.46 Å². The van der Waals surface area contributed by atoms with Crippen LogP contribution in [0, 0.1) is 0 Å². The zero-order chi connectivity index (χ0) is 19.5. The van der Waals surface area contributed by atoms with Crippen molar-refractivity contribution in [1.29, 1.82) is 0 Å². The Hall–Kier alpha value is -3.14. The predicted octanol–water partition coefficient (Wildman–Crippen LogP) is 4.09. The van der Waals surface area contributed by atoms with Crippen LogP contribution in [0.15, 0.2) is 72.0 Å². The molecule has 2 aromatic carbocycles. The third kappa shape index (κ3) is 4.73. The van der Waals surface area contributed by atoms with Gasteiger partial charge in [0, 0.05) is 18.5 Å². The summed E-state index contributed by atoms with van der Waals surface area (Å²) in [5.74, 6) is 0.531. The van der Waals surface area contributed by atoms with Gasteiger partial charge in [-0.3, -0.25) is 9.71 Å². The number of halogens is 3. The summed E-state index contributed by atoms with van der Waals surface area (Å²) in [5, 5.41) is 0. The first-order chi connectivity index (χ1) is 12.7. The molecule has 0 aliphatic carbocycles. The number of sulfonamides is 1. The molecule has 0 unspecified atom stereocenters. The van der Waals surface area contributed by atoms with E-state index in [0.29, 0.717) is 17.9 Å². The van der Waals surface area contributed by atoms with Crippen LogP contribution in [0.3, 0.4) is 0 Å². The minimum absolute atomic E-state index is 0.177. The quantitative estimate of drug-likeness (QED) is 0.704. The summed E-state index contributed by atoms with van der Waals surface area (Å²) in [6.45, 7) is 0. The molecule has 6 nitrogen and oxygen atoms in total. The normalized spacial score (nSPS) is 11.8. The second kappa shape index (κ2) is 7.23. The van der Waals surface area contributed by atoms with Crippen molar-refractivity contribution in [1.82, 2.24) is 9.97 Å². The molecule has 0 fully saturated rings. The first-order valence-corrected chi connectivity index (χ1v) is 8.96. The number of aromatic nitrogens is 2. The van der Waals surface area contributed by atoms with Gasteiger partial charge in [0.1, 0.15) is 5.75 Å². The molecule has 0 spiro atoms. The fourth-order valence-corrected chi connectivity index (χ4v) is 3.17. The van der Waals surface area contributed by atoms with Crippen LogP contribution in [0.1, 0.15) is 5.56 Å². The second-order valence-electron chi connectivity index (χ2n) is 5.30. The number of nitrogens with zero attached hydrogens (tertiary/aromatic N) is 2. The third-order valence-corrected chi connectivity index (χ3v) is 4.74. The summed E-state index contributed by atoms with van der Waals surface area (Å²) >= 11 is 0. The van der Waals surface area contributed by atoms with E-state index in [1.54, 1.807) is 12.1 Å². The molecule has 0 amide bonds. The number of nitrogens with one attached hydrogen (secondary N) is 1. The van der Waals surface area contributed by atoms with Gasteiger partial charge >= 0.3 is 6.18 Å². The number of anilines is 1. The lowest BCUT2D eigenvalue weighted by molar-refractivity contribution is -0.137. The Morgan fingerprint density at radius 2 is 1.74 bits per heavy atom. The van der Waals surface area contributed by atoms with Gasteiger partial charge in [-0.1, -0.05) is 6.07 Å². The molecule has 1 N–H and O–H groups in total. The van der Waals surface area contributed by atoms with Gasteiger partial charge in [0.15, 0.2) is 0 Å². The zero-order valence-electron chi connectivity index (χ0n) is 13.5. The Morgan fingerprint density at radius 3 is 2.37 bits per heavy atom. The van der Waals surface area contributed by atoms with Crippen molar-refractivity contribution in [3.8, 4) is 11.6 Å². The molecule has 3 rings (SSSR count). The van der Waals surface area contributed by atoms with Gasteiger partial charge in [-0.05, 0) is 36.4 Å². The van der Waals surface area contributed by atoms with Crippen molar-refractivity contribution < 1.29 is 26.3 Å². The molecule has 0 aliphatic rings. The number of benzene rings is 2. The van der Waals surface area contributed by atoms with Gasteiger partial charge in [-0.15, -0.1) is 0 Å². The Labute approximate surface area is 152 Å². The minimum atomic E-state index is -4.54. The minimum Gasteiger partial charge on any atom is -0.437 e. The van der Waals surface area contributed by atoms with Crippen LogP contribution in [0.5, 0.6) is 11.6 Å². The average molecular weight is 395 g/mol. The summed E-state index contributed by atoms with van der Waals surface area (Å²) in [6, 6.07) is 9.24. The molecule has 0 bridgehead atoms. The highest BCUT2D eigenvalue weighted by Gasteiger charge is 2.30. The molecule has 27 heavy (non-hydrogen) atoms. The van der Waals surface area contributed by atoms with E-state index in [4.69, 9.17) is 4.74 Å². The molecule has 0 aliphatic heterocycles. The summed E-state index contributed by atoms with van der Waals surface area (Å²) in [5.41, 5.74) is -0.753. The molecule has 0 atom stereocenters. The maximum Gasteiger partial charge on any atom is 0.416 e. The molecule has 0 radical (unpaired) electrons. The van der Waals surface area contributed by atoms with E-state index in [0.717, 1.165) is 12.1 Å². The summed E-state index contributed by atoms with van der Waals surface area (Å²) < 4.78 is 70.3. The maximum absolute atomic E-state index is 12.6. The summed E-state index contributed by atoms with van der Waals surface area (Å²) in [7, 11) is -4.07. The second-order valence-corrected chi connectivity index (χ2v) is 6.98. The number of alkyl halides is 3. The molecular formula is C17H12F3N3O3S. The van der Waals surface area contributed by atoms with Crippen molar-refractivity contribution in [2.24, 2.45) is 0 Å². The summed E-state index contributed by atoms with van der Waals surface area (Å²) in [6.07, 6.45) is -0.241. The molecule has 10 heteroatoms. The maximum atomic E-state index is 12.6. The van der Waals surface area contributed by atoms with E-state index in [1.165, 1.54) is 30.7 Å². The lowest BCUT2D eigenvalue weighted by atomic mass is 10.2. The highest BCUT2D eigenvalue weighted by molar-refractivity contribution is 7.92. The molecule has 1 heterocycles. The van der Waals surface area contributed by atoms with E-state index in [1.807, 2.05) is 0 Å². The van der Waals surface area contributed by atoms with Crippen LogP contribution in [-0.2, 0) is 16.2 Å². The Kier molecular flexibility index (Phi) is 5.00. The van der Waals surface area contributed by atoms with Gasteiger partial charge in [0.25, 0.3) is 10.0 Å². The number of hydrogen-bond acceptors (Lipinski definition) is 5. The Morgan fingerprint density at radius 1 is 1.00 bits per heavy atom. The van der Waals surface area contributed by atoms with Gasteiger partial charge in [-0.25, -0.2) is 13.4 Å². The van der Waals surface area contributed by atoms with Gasteiger partial charge in [-0.2, -0.15) is 13.2 Å². The zero-order valence-corrected chi connectivity index (χ0v) is 14.3. The highest BCUT2D eigenvalue weighted by Crippen LogP contribution is 2.30. The first kappa shape index (κ1) is 18.6. The van der Waals surface area contributed by atoms with Crippen LogP contribution in [-0.4, -0.2) is 18.4 Å². The van der Waals surface area contributed by atoms with Crippen LogP contribution >= 0.6 is 0 Å². The number of ether oxygens (including phenoxy) is 1. The molecule has 0 saturated carbocycles. The third-order valence-electron chi connectivity index (χ3n) is 3.34. The van der Waals surface area contributed by atoms with Crippen molar-refractivity contribution in [3.63, 3.8) is 0 Å². The van der Waals surface area contributed by atoms with Crippen LogP contribution in [0.4, 0.5) is 18.9 Å². The molecule has 1 aromatic heterocycles. The van der Waals surface area contributed by atoms with Crippen molar-refractivity contribution in [2.45, 2.75) is 11.1 Å². The Balaban J connectivity index is 1.78. The van der Waals surface area contributed by atoms with E-state index in [-0.39, 0.29) is 16.5 Å². The van der Waals surface area contributed by atoms with Gasteiger partial charge < -0.3 is 4.74 Å². The average Bonchev–Trinajstić information content (AvgIpc) is 2.62. The highest BCUT2D eigenvalue weighted by atomic mass is 32.2. The monoisotopic (exact) mass is 395 g/mol. The standard InChI is InChI=1S/C17H12F3N3O3S/c18-17(19,20)12-4-6-15(7-5-12)27(24,25)23-13-2-1-3-14(10-13)26-16-11-21-8-9-22-16/h1-11,23H. The smallest absolute Gasteiger partial charge is 0.416 e. The molecule has 3 aromatic rings.